The molecule has 0 amide bonds. The Morgan fingerprint density at radius 3 is 1.88 bits per heavy atom. The lowest BCUT2D eigenvalue weighted by molar-refractivity contribution is -0.598. The summed E-state index contributed by atoms with van der Waals surface area (Å²) in [6, 6.07) is 25.2. The smallest absolute Gasteiger partial charge is 0.358 e. The summed E-state index contributed by atoms with van der Waals surface area (Å²) < 4.78 is 34.2. The highest BCUT2D eigenvalue weighted by Gasteiger charge is 2.16. The van der Waals surface area contributed by atoms with E-state index in [4.69, 9.17) is 0 Å². The molecule has 0 aliphatic carbocycles. The van der Waals surface area contributed by atoms with Crippen molar-refractivity contribution in [3.05, 3.63) is 97.1 Å². The molecule has 0 radical (unpaired) electrons. The molecule has 130 valence electrons. The molecule has 3 aromatic carbocycles. The zero-order chi connectivity index (χ0) is 18.3. The zero-order valence-electron chi connectivity index (χ0n) is 14.0. The fraction of sp³-hybridized carbons (Fsp3) is 0.100. The number of hydrogen-bond acceptors (Lipinski definition) is 3. The van der Waals surface area contributed by atoms with E-state index in [0.29, 0.717) is 0 Å². The van der Waals surface area contributed by atoms with E-state index in [1.165, 1.54) is 24.8 Å². The minimum atomic E-state index is -4.27. The van der Waals surface area contributed by atoms with E-state index in [-0.39, 0.29) is 26.1 Å². The molecule has 3 rings (SSSR count). The molecule has 0 heterocycles. The summed E-state index contributed by atoms with van der Waals surface area (Å²) in [5.41, 5.74) is 2.35. The van der Waals surface area contributed by atoms with Crippen molar-refractivity contribution in [3.8, 4) is 0 Å². The number of aryl methyl sites for hydroxylation is 2. The zero-order valence-corrected chi connectivity index (χ0v) is 17.0. The number of rotatable bonds is 3. The maximum atomic E-state index is 10.4. The molecule has 0 spiro atoms. The van der Waals surface area contributed by atoms with Gasteiger partial charge in [-0.2, -0.15) is 0 Å². The molecule has 25 heavy (non-hydrogen) atoms. The Morgan fingerprint density at radius 1 is 0.760 bits per heavy atom. The van der Waals surface area contributed by atoms with E-state index in [2.05, 4.69) is 61.5 Å². The van der Waals surface area contributed by atoms with Gasteiger partial charge in [0.15, 0.2) is 7.14 Å². The summed E-state index contributed by atoms with van der Waals surface area (Å²) in [5.74, 6) is 0. The van der Waals surface area contributed by atoms with Gasteiger partial charge in [-0.1, -0.05) is 54.1 Å². The molecular weight excluding hydrogens is 447 g/mol. The van der Waals surface area contributed by atoms with Gasteiger partial charge in [0, 0.05) is 5.56 Å². The van der Waals surface area contributed by atoms with E-state index in [0.717, 1.165) is 5.56 Å². The topological polar surface area (TPSA) is 57.2 Å². The maximum absolute atomic E-state index is 10.4. The molecule has 3 aromatic rings. The minimum absolute atomic E-state index is 0.00698. The van der Waals surface area contributed by atoms with Crippen LogP contribution < -0.4 is 21.2 Å². The van der Waals surface area contributed by atoms with Gasteiger partial charge >= 0.3 is 21.2 Å². The molecule has 3 nitrogen and oxygen atoms in total. The molecule has 0 N–H and O–H groups in total. The van der Waals surface area contributed by atoms with Crippen LogP contribution in [-0.2, 0) is 10.1 Å². The van der Waals surface area contributed by atoms with Crippen molar-refractivity contribution < 1.29 is 34.2 Å². The van der Waals surface area contributed by atoms with E-state index in [1.807, 2.05) is 6.92 Å². The van der Waals surface area contributed by atoms with E-state index in [9.17, 15) is 13.0 Å². The van der Waals surface area contributed by atoms with Crippen LogP contribution in [0.3, 0.4) is 0 Å². The molecule has 0 aliphatic heterocycles. The molecule has 0 fully saturated rings. The first-order chi connectivity index (χ1) is 11.9. The SMILES string of the molecule is Cc1ccc(S(=O)(=O)[O-])cc1.Cc1ccccc1[I+]c1ccccc1. The van der Waals surface area contributed by atoms with Crippen LogP contribution in [0.5, 0.6) is 0 Å². The highest BCUT2D eigenvalue weighted by atomic mass is 127. The Morgan fingerprint density at radius 2 is 1.32 bits per heavy atom. The summed E-state index contributed by atoms with van der Waals surface area (Å²) >= 11 is 0.00698. The van der Waals surface area contributed by atoms with Crippen molar-refractivity contribution in [1.29, 1.82) is 0 Å². The molecule has 0 saturated heterocycles. The lowest BCUT2D eigenvalue weighted by atomic mass is 10.2. The summed E-state index contributed by atoms with van der Waals surface area (Å²) in [4.78, 5) is -0.178. The first-order valence-corrected chi connectivity index (χ1v) is 11.2. The van der Waals surface area contributed by atoms with Crippen LogP contribution in [0.2, 0.25) is 0 Å². The van der Waals surface area contributed by atoms with E-state index in [1.54, 1.807) is 12.1 Å². The summed E-state index contributed by atoms with van der Waals surface area (Å²) in [5, 5.41) is 0. The van der Waals surface area contributed by atoms with Gasteiger partial charge < -0.3 is 4.55 Å². The van der Waals surface area contributed by atoms with Crippen molar-refractivity contribution in [2.45, 2.75) is 18.7 Å². The standard InChI is InChI=1S/C13H12I.C7H8O3S/c1-11-7-5-6-10-13(11)14-12-8-3-2-4-9-12;1-6-2-4-7(5-3-6)11(8,9)10/h2-10H,1H3;2-5H,1H3,(H,8,9,10)/q+1;/p-1. The summed E-state index contributed by atoms with van der Waals surface area (Å²) in [7, 11) is -4.27. The Kier molecular flexibility index (Phi) is 7.16. The first-order valence-electron chi connectivity index (χ1n) is 7.64. The Labute approximate surface area is 159 Å². The highest BCUT2D eigenvalue weighted by molar-refractivity contribution is 7.85. The Bertz CT molecular complexity index is 905. The fourth-order valence-corrected chi connectivity index (χ4v) is 4.86. The second kappa shape index (κ2) is 9.12. The van der Waals surface area contributed by atoms with Crippen LogP contribution in [0.1, 0.15) is 11.1 Å². The lowest BCUT2D eigenvalue weighted by Gasteiger charge is -2.05. The third kappa shape index (κ3) is 6.61. The molecule has 0 bridgehead atoms. The first kappa shape index (κ1) is 19.6. The molecule has 0 aromatic heterocycles. The molecule has 5 heteroatoms. The van der Waals surface area contributed by atoms with Crippen molar-refractivity contribution in [2.24, 2.45) is 0 Å². The monoisotopic (exact) mass is 466 g/mol. The van der Waals surface area contributed by atoms with Gasteiger partial charge in [-0.3, -0.25) is 0 Å². The van der Waals surface area contributed by atoms with Gasteiger partial charge in [-0.05, 0) is 44.2 Å². The predicted molar refractivity (Wildman–Crippen MR) is 94.2 cm³/mol. The van der Waals surface area contributed by atoms with Crippen molar-refractivity contribution >= 4 is 10.1 Å². The van der Waals surface area contributed by atoms with Crippen molar-refractivity contribution in [3.63, 3.8) is 0 Å². The van der Waals surface area contributed by atoms with Crippen LogP contribution in [0.25, 0.3) is 0 Å². The fourth-order valence-electron chi connectivity index (χ4n) is 1.96. The lowest BCUT2D eigenvalue weighted by Crippen LogP contribution is -3.61. The number of benzene rings is 3. The van der Waals surface area contributed by atoms with Gasteiger partial charge in [0.2, 0.25) is 0 Å². The van der Waals surface area contributed by atoms with Crippen LogP contribution in [0.4, 0.5) is 0 Å². The summed E-state index contributed by atoms with van der Waals surface area (Å²) in [6.07, 6.45) is 0. The predicted octanol–water partition coefficient (Wildman–Crippen LogP) is 1.02. The van der Waals surface area contributed by atoms with E-state index < -0.39 is 10.1 Å². The molecule has 0 atom stereocenters. The largest absolute Gasteiger partial charge is 0.744 e. The van der Waals surface area contributed by atoms with Gasteiger partial charge in [-0.15, -0.1) is 0 Å². The molecule has 0 unspecified atom stereocenters. The average molecular weight is 466 g/mol. The quantitative estimate of drug-likeness (QED) is 0.428. The second-order valence-electron chi connectivity index (χ2n) is 5.41. The molecule has 0 saturated carbocycles. The van der Waals surface area contributed by atoms with Gasteiger partial charge in [0.1, 0.15) is 10.1 Å². The van der Waals surface area contributed by atoms with Crippen LogP contribution in [0, 0.1) is 21.0 Å². The maximum Gasteiger partial charge on any atom is 0.358 e. The van der Waals surface area contributed by atoms with Gasteiger partial charge in [-0.25, -0.2) is 8.42 Å². The second-order valence-corrected chi connectivity index (χ2v) is 9.73. The minimum Gasteiger partial charge on any atom is -0.744 e. The van der Waals surface area contributed by atoms with Crippen LogP contribution in [0.15, 0.2) is 83.8 Å². The third-order valence-corrected chi connectivity index (χ3v) is 7.31. The molecule has 0 aliphatic rings. The van der Waals surface area contributed by atoms with E-state index >= 15 is 0 Å². The van der Waals surface area contributed by atoms with Gasteiger partial charge in [0.25, 0.3) is 0 Å². The third-order valence-electron chi connectivity index (χ3n) is 3.33. The number of hydrogen-bond donors (Lipinski definition) is 0. The Hall–Kier alpha value is -1.70. The Balaban J connectivity index is 0.000000186. The van der Waals surface area contributed by atoms with Crippen molar-refractivity contribution in [2.75, 3.05) is 0 Å². The highest BCUT2D eigenvalue weighted by Crippen LogP contribution is 2.08. The van der Waals surface area contributed by atoms with Crippen LogP contribution in [-0.4, -0.2) is 13.0 Å². The van der Waals surface area contributed by atoms with Crippen molar-refractivity contribution in [1.82, 2.24) is 0 Å². The van der Waals surface area contributed by atoms with Gasteiger partial charge in [0.05, 0.1) is 4.90 Å². The average Bonchev–Trinajstić information content (AvgIpc) is 2.58. The summed E-state index contributed by atoms with van der Waals surface area (Å²) in [6.45, 7) is 4.01. The number of halogens is 1. The normalized spacial score (nSPS) is 10.7. The van der Waals surface area contributed by atoms with Crippen LogP contribution >= 0.6 is 0 Å². The molecular formula is C20H19IO3S.